The van der Waals surface area contributed by atoms with Gasteiger partial charge in [0.1, 0.15) is 0 Å². The third-order valence-electron chi connectivity index (χ3n) is 20.8. The second-order valence-corrected chi connectivity index (χ2v) is 33.7. The van der Waals surface area contributed by atoms with Crippen LogP contribution in [0.2, 0.25) is 0 Å². The molecular weight excluding hydrogens is 1260 g/mol. The van der Waals surface area contributed by atoms with E-state index in [1.54, 1.807) is 0 Å². The molecule has 0 spiro atoms. The van der Waals surface area contributed by atoms with Crippen LogP contribution in [-0.4, -0.2) is 40.2 Å². The van der Waals surface area contributed by atoms with Crippen molar-refractivity contribution in [2.24, 2.45) is 0 Å². The molecule has 476 valence electrons. The quantitative estimate of drug-likeness (QED) is 0.0715. The Morgan fingerprint density at radius 3 is 0.960 bits per heavy atom. The van der Waals surface area contributed by atoms with Crippen molar-refractivity contribution < 1.29 is 0 Å². The molecule has 0 saturated heterocycles. The van der Waals surface area contributed by atoms with Crippen LogP contribution in [0.25, 0.3) is 78.0 Å². The first-order valence-electron chi connectivity index (χ1n) is 34.7. The van der Waals surface area contributed by atoms with Crippen LogP contribution in [0.15, 0.2) is 406 Å². The molecule has 0 aliphatic rings. The Morgan fingerprint density at radius 1 is 0.228 bits per heavy atom. The van der Waals surface area contributed by atoms with Gasteiger partial charge in [0.2, 0.25) is 5.95 Å². The molecule has 7 heteroatoms. The fraction of sp³-hybridized carbons (Fsp3) is 0.0106. The van der Waals surface area contributed by atoms with Crippen LogP contribution in [0.1, 0.15) is 22.3 Å². The molecule has 0 saturated carbocycles. The number of fused-ring (bicyclic) bond motifs is 7. The van der Waals surface area contributed by atoms with Crippen LogP contribution in [0.3, 0.4) is 0 Å². The van der Waals surface area contributed by atoms with E-state index in [2.05, 4.69) is 416 Å². The summed E-state index contributed by atoms with van der Waals surface area (Å²) in [5, 5.41) is 14.7. The fourth-order valence-electron chi connectivity index (χ4n) is 16.5. The Labute approximate surface area is 590 Å². The van der Waals surface area contributed by atoms with Crippen molar-refractivity contribution in [2.75, 3.05) is 0 Å². The molecule has 101 heavy (non-hydrogen) atoms. The first-order chi connectivity index (χ1) is 50.1. The molecular formula is C94H67N5Si2. The van der Waals surface area contributed by atoms with Crippen LogP contribution in [0, 0.1) is 0 Å². The summed E-state index contributed by atoms with van der Waals surface area (Å²) in [5.74, 6) is 1.63. The van der Waals surface area contributed by atoms with Gasteiger partial charge in [-0.25, -0.2) is 4.98 Å². The number of hydrogen-bond acceptors (Lipinski definition) is 3. The van der Waals surface area contributed by atoms with Crippen LogP contribution in [0.4, 0.5) is 0 Å². The van der Waals surface area contributed by atoms with E-state index in [1.807, 2.05) is 0 Å². The molecule has 5 nitrogen and oxygen atoms in total. The lowest BCUT2D eigenvalue weighted by molar-refractivity contribution is 0.746. The maximum absolute atomic E-state index is 5.88. The summed E-state index contributed by atoms with van der Waals surface area (Å²) in [6.07, 6.45) is 0. The van der Waals surface area contributed by atoms with Crippen molar-refractivity contribution in [1.29, 1.82) is 0 Å². The Kier molecular flexibility index (Phi) is 15.4. The van der Waals surface area contributed by atoms with E-state index in [0.717, 1.165) is 82.7 Å². The topological polar surface area (TPSA) is 48.5 Å². The smallest absolute Gasteiger partial charge is 0.238 e. The van der Waals surface area contributed by atoms with E-state index in [1.165, 1.54) is 41.5 Å². The zero-order valence-corrected chi connectivity index (χ0v) is 57.4. The van der Waals surface area contributed by atoms with Crippen LogP contribution < -0.4 is 41.5 Å². The van der Waals surface area contributed by atoms with Gasteiger partial charge in [0, 0.05) is 38.4 Å². The molecule has 3 heterocycles. The van der Waals surface area contributed by atoms with Gasteiger partial charge in [-0.2, -0.15) is 9.97 Å². The molecule has 0 aliphatic heterocycles. The molecule has 0 unspecified atom stereocenters. The van der Waals surface area contributed by atoms with Crippen LogP contribution in [-0.2, 0) is 5.41 Å². The largest absolute Gasteiger partial charge is 0.309 e. The highest BCUT2D eigenvalue weighted by Crippen LogP contribution is 2.48. The predicted molar refractivity (Wildman–Crippen MR) is 425 cm³/mol. The number of para-hydroxylation sites is 2. The molecule has 0 atom stereocenters. The van der Waals surface area contributed by atoms with Gasteiger partial charge >= 0.3 is 0 Å². The summed E-state index contributed by atoms with van der Waals surface area (Å²) in [6, 6.07) is 149. The Hall–Kier alpha value is -12.7. The molecule has 15 aromatic carbocycles. The number of hydrogen-bond donors (Lipinski definition) is 0. The summed E-state index contributed by atoms with van der Waals surface area (Å²) >= 11 is 0. The Morgan fingerprint density at radius 2 is 0.564 bits per heavy atom. The van der Waals surface area contributed by atoms with Gasteiger partial charge < -0.3 is 4.57 Å². The van der Waals surface area contributed by atoms with Crippen LogP contribution >= 0.6 is 0 Å². The number of benzene rings is 15. The van der Waals surface area contributed by atoms with Gasteiger partial charge in [-0.05, 0) is 94.1 Å². The van der Waals surface area contributed by atoms with E-state index in [0.29, 0.717) is 17.6 Å². The fourth-order valence-corrected chi connectivity index (χ4v) is 26.0. The lowest BCUT2D eigenvalue weighted by atomic mass is 9.65. The highest BCUT2D eigenvalue weighted by Gasteiger charge is 2.44. The van der Waals surface area contributed by atoms with Gasteiger partial charge in [-0.3, -0.25) is 4.57 Å². The van der Waals surface area contributed by atoms with E-state index < -0.39 is 21.6 Å². The van der Waals surface area contributed by atoms with Gasteiger partial charge in [0.25, 0.3) is 0 Å². The minimum absolute atomic E-state index is 0.507. The summed E-state index contributed by atoms with van der Waals surface area (Å²) in [4.78, 5) is 17.5. The second kappa shape index (κ2) is 25.6. The van der Waals surface area contributed by atoms with Crippen molar-refractivity contribution in [2.45, 2.75) is 5.41 Å². The van der Waals surface area contributed by atoms with Crippen LogP contribution in [0.5, 0.6) is 0 Å². The Balaban J connectivity index is 0.940. The number of rotatable bonds is 16. The van der Waals surface area contributed by atoms with Crippen molar-refractivity contribution in [3.8, 4) is 34.4 Å². The van der Waals surface area contributed by atoms with Gasteiger partial charge in [-0.15, -0.1) is 0 Å². The SMILES string of the molecule is c1ccc(-n2c3ccccc3c3c2ccc2c4ccc(C(c5ccccc5)(c5ccccc5)c5ccccc5)cc4n(-c4nc(-c5ccc([Si](c6ccccc6)(c6ccccc6)c6ccccc6)cc5)nc(-c5ccc([Si](c6ccccc6)(c6ccccc6)c6ccccc6)cc5)n4)c23)cc1. The molecule has 3 aromatic heterocycles. The van der Waals surface area contributed by atoms with Crippen molar-refractivity contribution in [1.82, 2.24) is 24.1 Å². The summed E-state index contributed by atoms with van der Waals surface area (Å²) in [6.45, 7) is 0. The number of nitrogens with zero attached hydrogens (tertiary/aromatic N) is 5. The molecule has 18 aromatic rings. The third-order valence-corrected chi connectivity index (χ3v) is 30.4. The molecule has 18 rings (SSSR count). The molecule has 0 amide bonds. The number of aromatic nitrogens is 5. The molecule has 0 bridgehead atoms. The molecule has 0 fully saturated rings. The first-order valence-corrected chi connectivity index (χ1v) is 38.7. The van der Waals surface area contributed by atoms with Crippen molar-refractivity contribution in [3.63, 3.8) is 0 Å². The standard InChI is InChI=1S/C94H67N5Si2/c1-11-33-70(34-12-1)94(71-35-13-2-14-36-71,72-37-15-3-16-38-72)73-59-64-83-84-65-66-87-89(85-53-31-32-54-86(85)98(87)74-39-17-4-18-40-74)90(84)99(88(83)67-73)93-96-91(68-55-60-81(61-56-68)100(75-41-19-5-20-42-75,76-43-21-6-22-44-76)77-45-23-7-24-46-77)95-92(97-93)69-57-62-82(63-58-69)101(78-47-25-8-26-48-78,79-49-27-9-28-50-79)80-51-29-10-30-52-80/h1-67H. The Bertz CT molecular complexity index is 5470. The average molecular weight is 1320 g/mol. The molecule has 0 N–H and O–H groups in total. The lowest BCUT2D eigenvalue weighted by Crippen LogP contribution is -2.74. The second-order valence-electron chi connectivity index (χ2n) is 26.1. The summed E-state index contributed by atoms with van der Waals surface area (Å²) in [5.41, 5.74) is 10.8. The molecule has 0 aliphatic carbocycles. The maximum atomic E-state index is 5.88. The van der Waals surface area contributed by atoms with Crippen molar-refractivity contribution in [3.05, 3.63) is 429 Å². The summed E-state index contributed by atoms with van der Waals surface area (Å²) in [7, 11) is -5.84. The monoisotopic (exact) mass is 1320 g/mol. The van der Waals surface area contributed by atoms with E-state index in [4.69, 9.17) is 15.0 Å². The van der Waals surface area contributed by atoms with Crippen molar-refractivity contribution >= 4 is 101 Å². The van der Waals surface area contributed by atoms with Gasteiger partial charge in [-0.1, -0.05) is 376 Å². The first kappa shape index (κ1) is 60.7. The summed E-state index contributed by atoms with van der Waals surface area (Å²) < 4.78 is 4.78. The normalized spacial score (nSPS) is 12.0. The minimum Gasteiger partial charge on any atom is -0.309 e. The van der Waals surface area contributed by atoms with Gasteiger partial charge in [0.15, 0.2) is 27.8 Å². The van der Waals surface area contributed by atoms with E-state index in [9.17, 15) is 0 Å². The van der Waals surface area contributed by atoms with E-state index in [-0.39, 0.29) is 0 Å². The average Bonchev–Trinajstić information content (AvgIpc) is 1.61. The minimum atomic E-state index is -2.92. The zero-order chi connectivity index (χ0) is 67.2. The zero-order valence-electron chi connectivity index (χ0n) is 55.4. The van der Waals surface area contributed by atoms with Gasteiger partial charge in [0.05, 0.1) is 27.5 Å². The third kappa shape index (κ3) is 9.99. The lowest BCUT2D eigenvalue weighted by Gasteiger charge is -2.37. The van der Waals surface area contributed by atoms with E-state index >= 15 is 0 Å². The molecule has 0 radical (unpaired) electrons. The highest BCUT2D eigenvalue weighted by atomic mass is 28.3. The maximum Gasteiger partial charge on any atom is 0.238 e. The highest BCUT2D eigenvalue weighted by molar-refractivity contribution is 7.20. The predicted octanol–water partition coefficient (Wildman–Crippen LogP) is 16.5.